The van der Waals surface area contributed by atoms with Crippen molar-refractivity contribution in [2.75, 3.05) is 19.0 Å². The molecule has 2 amide bonds. The van der Waals surface area contributed by atoms with Gasteiger partial charge in [-0.15, -0.1) is 11.6 Å². The van der Waals surface area contributed by atoms with E-state index >= 15 is 0 Å². The highest BCUT2D eigenvalue weighted by atomic mass is 35.5. The number of hydrogen-bond acceptors (Lipinski definition) is 3. The van der Waals surface area contributed by atoms with Gasteiger partial charge in [0.25, 0.3) is 0 Å². The van der Waals surface area contributed by atoms with Gasteiger partial charge in [-0.25, -0.2) is 9.86 Å². The predicted molar refractivity (Wildman–Crippen MR) is 67.1 cm³/mol. The summed E-state index contributed by atoms with van der Waals surface area (Å²) in [6.07, 6.45) is 0.849. The highest BCUT2D eigenvalue weighted by Crippen LogP contribution is 2.05. The van der Waals surface area contributed by atoms with Gasteiger partial charge in [-0.2, -0.15) is 0 Å². The lowest BCUT2D eigenvalue weighted by molar-refractivity contribution is -0.135. The maximum Gasteiger partial charge on any atom is 0.341 e. The maximum atomic E-state index is 11.7. The monoisotopic (exact) mass is 284 g/mol. The second kappa shape index (κ2) is 9.50. The molecule has 7 heteroatoms. The molecule has 0 aromatic rings. The van der Waals surface area contributed by atoms with Crippen LogP contribution in [0.5, 0.6) is 0 Å². The molecule has 0 saturated carbocycles. The van der Waals surface area contributed by atoms with Gasteiger partial charge in [-0.05, 0) is 24.9 Å². The molecule has 1 atom stereocenters. The van der Waals surface area contributed by atoms with Crippen LogP contribution in [-0.4, -0.2) is 41.4 Å². The molecule has 5 nitrogen and oxygen atoms in total. The van der Waals surface area contributed by atoms with Gasteiger partial charge in [0.15, 0.2) is 0 Å². The zero-order valence-electron chi connectivity index (χ0n) is 10.0. The second-order valence-corrected chi connectivity index (χ2v) is 4.24. The third-order valence-electron chi connectivity index (χ3n) is 2.10. The summed E-state index contributed by atoms with van der Waals surface area (Å²) in [5.74, 6) is 0.306. The van der Waals surface area contributed by atoms with Gasteiger partial charge < -0.3 is 5.32 Å². The van der Waals surface area contributed by atoms with Crippen LogP contribution in [-0.2, 0) is 9.63 Å². The zero-order valence-corrected chi connectivity index (χ0v) is 11.6. The summed E-state index contributed by atoms with van der Waals surface area (Å²) in [4.78, 5) is 27.5. The number of nitrogens with zero attached hydrogens (tertiary/aromatic N) is 1. The van der Waals surface area contributed by atoms with Crippen molar-refractivity contribution >= 4 is 34.5 Å². The topological polar surface area (TPSA) is 58.6 Å². The van der Waals surface area contributed by atoms with Crippen LogP contribution in [0, 0.1) is 0 Å². The van der Waals surface area contributed by atoms with Crippen LogP contribution >= 0.6 is 23.2 Å². The van der Waals surface area contributed by atoms with Crippen molar-refractivity contribution in [3.8, 4) is 0 Å². The minimum Gasteiger partial charge on any atom is -0.336 e. The largest absolute Gasteiger partial charge is 0.341 e. The van der Waals surface area contributed by atoms with Gasteiger partial charge >= 0.3 is 6.03 Å². The van der Waals surface area contributed by atoms with E-state index in [1.54, 1.807) is 0 Å². The van der Waals surface area contributed by atoms with E-state index in [1.807, 2.05) is 13.8 Å². The number of hydrogen-bond donors (Lipinski definition) is 1. The Bertz CT molecular complexity index is 252. The van der Waals surface area contributed by atoms with Crippen LogP contribution in [0.1, 0.15) is 26.7 Å². The third kappa shape index (κ3) is 7.41. The first kappa shape index (κ1) is 16.5. The Kier molecular flexibility index (Phi) is 9.21. The molecule has 17 heavy (non-hydrogen) atoms. The van der Waals surface area contributed by atoms with E-state index in [1.165, 1.54) is 5.06 Å². The molecule has 100 valence electrons. The number of nitrogens with one attached hydrogen (secondary N) is 1. The SMILES string of the molecule is CCC(C)N(OCCCl)C(=O)NCCC(=O)Cl. The number of amides is 2. The van der Waals surface area contributed by atoms with Crippen LogP contribution in [0.15, 0.2) is 0 Å². The standard InChI is InChI=1S/C10H18Cl2N2O3/c1-3-8(2)14(17-7-5-11)10(16)13-6-4-9(12)15/h8H,3-7H2,1-2H3,(H,13,16). The fourth-order valence-corrected chi connectivity index (χ4v) is 1.19. The Balaban J connectivity index is 4.16. The Morgan fingerprint density at radius 3 is 2.59 bits per heavy atom. The Hall–Kier alpha value is -0.520. The Labute approximate surface area is 111 Å². The number of urea groups is 1. The average Bonchev–Trinajstić information content (AvgIpc) is 2.28. The van der Waals surface area contributed by atoms with E-state index in [4.69, 9.17) is 28.0 Å². The van der Waals surface area contributed by atoms with Crippen LogP contribution in [0.3, 0.4) is 0 Å². The molecule has 0 rings (SSSR count). The molecule has 0 aromatic heterocycles. The van der Waals surface area contributed by atoms with Crippen molar-refractivity contribution in [2.45, 2.75) is 32.7 Å². The van der Waals surface area contributed by atoms with Crippen molar-refractivity contribution in [3.05, 3.63) is 0 Å². The number of hydroxylamine groups is 2. The minimum atomic E-state index is -0.484. The normalized spacial score (nSPS) is 12.0. The summed E-state index contributed by atoms with van der Waals surface area (Å²) in [5.41, 5.74) is 0. The van der Waals surface area contributed by atoms with E-state index in [0.29, 0.717) is 5.88 Å². The number of halogens is 2. The van der Waals surface area contributed by atoms with Crippen LogP contribution in [0.2, 0.25) is 0 Å². The van der Waals surface area contributed by atoms with E-state index in [0.717, 1.165) is 6.42 Å². The molecule has 0 spiro atoms. The molecule has 0 bridgehead atoms. The first-order chi connectivity index (χ1) is 8.02. The third-order valence-corrected chi connectivity index (χ3v) is 2.44. The fourth-order valence-electron chi connectivity index (χ4n) is 1.03. The number of rotatable bonds is 8. The van der Waals surface area contributed by atoms with Gasteiger partial charge in [0.1, 0.15) is 0 Å². The van der Waals surface area contributed by atoms with E-state index in [9.17, 15) is 9.59 Å². The minimum absolute atomic E-state index is 0.0649. The molecule has 0 saturated heterocycles. The van der Waals surface area contributed by atoms with Crippen molar-refractivity contribution in [2.24, 2.45) is 0 Å². The lowest BCUT2D eigenvalue weighted by atomic mass is 10.2. The lowest BCUT2D eigenvalue weighted by Gasteiger charge is -2.27. The van der Waals surface area contributed by atoms with Gasteiger partial charge in [0, 0.05) is 18.8 Å². The summed E-state index contributed by atoms with van der Waals surface area (Å²) in [5, 5.41) is 3.30. The molecule has 0 aliphatic carbocycles. The van der Waals surface area contributed by atoms with E-state index in [2.05, 4.69) is 5.32 Å². The summed E-state index contributed by atoms with van der Waals surface area (Å²) in [7, 11) is 0. The molecule has 0 aromatic carbocycles. The molecule has 1 unspecified atom stereocenters. The van der Waals surface area contributed by atoms with Crippen LogP contribution in [0.4, 0.5) is 4.79 Å². The lowest BCUT2D eigenvalue weighted by Crippen LogP contribution is -2.45. The first-order valence-corrected chi connectivity index (χ1v) is 6.38. The summed E-state index contributed by atoms with van der Waals surface area (Å²) in [6.45, 7) is 4.25. The number of alkyl halides is 1. The van der Waals surface area contributed by atoms with Gasteiger partial charge in [-0.3, -0.25) is 9.63 Å². The summed E-state index contributed by atoms with van der Waals surface area (Å²) < 4.78 is 0. The van der Waals surface area contributed by atoms with E-state index < -0.39 is 5.24 Å². The molecule has 0 heterocycles. The highest BCUT2D eigenvalue weighted by molar-refractivity contribution is 6.63. The molecule has 0 aliphatic heterocycles. The van der Waals surface area contributed by atoms with Crippen molar-refractivity contribution < 1.29 is 14.4 Å². The predicted octanol–water partition coefficient (Wildman–Crippen LogP) is 2.12. The summed E-state index contributed by atoms with van der Waals surface area (Å²) >= 11 is 10.7. The Morgan fingerprint density at radius 2 is 2.12 bits per heavy atom. The average molecular weight is 285 g/mol. The highest BCUT2D eigenvalue weighted by Gasteiger charge is 2.19. The fraction of sp³-hybridized carbons (Fsp3) is 0.800. The maximum absolute atomic E-state index is 11.7. The number of carbonyl (C=O) groups is 2. The van der Waals surface area contributed by atoms with Crippen molar-refractivity contribution in [3.63, 3.8) is 0 Å². The van der Waals surface area contributed by atoms with Crippen LogP contribution < -0.4 is 5.32 Å². The van der Waals surface area contributed by atoms with Gasteiger partial charge in [-0.1, -0.05) is 6.92 Å². The smallest absolute Gasteiger partial charge is 0.336 e. The number of carbonyl (C=O) groups excluding carboxylic acids is 2. The molecular formula is C10H18Cl2N2O3. The van der Waals surface area contributed by atoms with Crippen molar-refractivity contribution in [1.29, 1.82) is 0 Å². The molecule has 1 N–H and O–H groups in total. The quantitative estimate of drug-likeness (QED) is 0.422. The molecular weight excluding hydrogens is 267 g/mol. The first-order valence-electron chi connectivity index (χ1n) is 5.47. The van der Waals surface area contributed by atoms with Gasteiger partial charge in [0.2, 0.25) is 5.24 Å². The zero-order chi connectivity index (χ0) is 13.3. The molecule has 0 fully saturated rings. The van der Waals surface area contributed by atoms with E-state index in [-0.39, 0.29) is 31.6 Å². The van der Waals surface area contributed by atoms with Crippen molar-refractivity contribution in [1.82, 2.24) is 10.4 Å². The molecule has 0 radical (unpaired) electrons. The van der Waals surface area contributed by atoms with Gasteiger partial charge in [0.05, 0.1) is 12.6 Å². The van der Waals surface area contributed by atoms with Crippen LogP contribution in [0.25, 0.3) is 0 Å². The Morgan fingerprint density at radius 1 is 1.47 bits per heavy atom. The summed E-state index contributed by atoms with van der Waals surface area (Å²) in [6, 6.07) is -0.452. The molecule has 0 aliphatic rings. The second-order valence-electron chi connectivity index (χ2n) is 3.44.